The second-order valence-corrected chi connectivity index (χ2v) is 10.5. The monoisotopic (exact) mass is 551 g/mol. The molecule has 5 aromatic carbocycles. The molecule has 4 nitrogen and oxygen atoms in total. The van der Waals surface area contributed by atoms with Crippen molar-refractivity contribution in [1.29, 1.82) is 0 Å². The fraction of sp³-hybridized carbons (Fsp3) is 0. The van der Waals surface area contributed by atoms with Crippen molar-refractivity contribution in [1.82, 2.24) is 15.0 Å². The van der Waals surface area contributed by atoms with Gasteiger partial charge in [0.05, 0.1) is 11.4 Å². The van der Waals surface area contributed by atoms with Crippen molar-refractivity contribution in [2.75, 3.05) is 0 Å². The number of benzene rings is 5. The minimum Gasteiger partial charge on any atom is -0.455 e. The Morgan fingerprint density at radius 2 is 1.02 bits per heavy atom. The molecule has 8 aromatic rings. The van der Waals surface area contributed by atoms with Crippen LogP contribution in [0.2, 0.25) is 0 Å². The van der Waals surface area contributed by atoms with Gasteiger partial charge in [-0.05, 0) is 70.8 Å². The third-order valence-electron chi connectivity index (χ3n) is 7.79. The van der Waals surface area contributed by atoms with Crippen LogP contribution >= 0.6 is 0 Å². The van der Waals surface area contributed by atoms with Crippen molar-refractivity contribution in [3.63, 3.8) is 0 Å². The normalized spacial score (nSPS) is 11.3. The number of hydrogen-bond donors (Lipinski definition) is 0. The van der Waals surface area contributed by atoms with Gasteiger partial charge < -0.3 is 4.42 Å². The summed E-state index contributed by atoms with van der Waals surface area (Å²) >= 11 is 0. The van der Waals surface area contributed by atoms with Gasteiger partial charge in [0, 0.05) is 39.9 Å². The molecule has 43 heavy (non-hydrogen) atoms. The van der Waals surface area contributed by atoms with Gasteiger partial charge >= 0.3 is 0 Å². The summed E-state index contributed by atoms with van der Waals surface area (Å²) in [6, 6.07) is 47.8. The molecule has 0 saturated carbocycles. The highest BCUT2D eigenvalue weighted by molar-refractivity contribution is 6.09. The van der Waals surface area contributed by atoms with E-state index in [0.717, 1.165) is 72.3 Å². The molecule has 0 unspecified atom stereocenters. The fourth-order valence-corrected chi connectivity index (χ4v) is 5.68. The highest BCUT2D eigenvalue weighted by atomic mass is 16.3. The Kier molecular flexibility index (Phi) is 6.08. The largest absolute Gasteiger partial charge is 0.455 e. The Bertz CT molecular complexity index is 2170. The lowest BCUT2D eigenvalue weighted by Crippen LogP contribution is -1.97. The van der Waals surface area contributed by atoms with E-state index in [9.17, 15) is 0 Å². The molecule has 0 bridgehead atoms. The maximum Gasteiger partial charge on any atom is 0.160 e. The van der Waals surface area contributed by atoms with E-state index in [-0.39, 0.29) is 0 Å². The van der Waals surface area contributed by atoms with Crippen LogP contribution in [0.1, 0.15) is 0 Å². The van der Waals surface area contributed by atoms with Gasteiger partial charge in [-0.1, -0.05) is 91.0 Å². The fourth-order valence-electron chi connectivity index (χ4n) is 5.68. The molecule has 0 N–H and O–H groups in total. The molecule has 202 valence electrons. The predicted octanol–water partition coefficient (Wildman–Crippen LogP) is 10.1. The highest BCUT2D eigenvalue weighted by Crippen LogP contribution is 2.38. The lowest BCUT2D eigenvalue weighted by Gasteiger charge is -2.13. The molecular weight excluding hydrogens is 526 g/mol. The topological polar surface area (TPSA) is 51.8 Å². The second kappa shape index (κ2) is 10.5. The Labute approximate surface area is 249 Å². The number of nitrogens with zero attached hydrogens (tertiary/aromatic N) is 3. The SMILES string of the molecule is c1ccc(-c2cc(-c3ccncc3)cc(-c3cc(-c4cccc5c4oc4ccccc45)nc(-c4ccccc4)n3)c2)cc1. The summed E-state index contributed by atoms with van der Waals surface area (Å²) in [5, 5.41) is 2.16. The third kappa shape index (κ3) is 4.65. The number of aromatic nitrogens is 3. The Balaban J connectivity index is 1.38. The van der Waals surface area contributed by atoms with Crippen molar-refractivity contribution in [3.05, 3.63) is 152 Å². The van der Waals surface area contributed by atoms with Crippen molar-refractivity contribution in [2.24, 2.45) is 0 Å². The molecule has 3 aromatic heterocycles. The average molecular weight is 552 g/mol. The number of fused-ring (bicyclic) bond motifs is 3. The van der Waals surface area contributed by atoms with Crippen LogP contribution in [-0.2, 0) is 0 Å². The maximum atomic E-state index is 6.42. The summed E-state index contributed by atoms with van der Waals surface area (Å²) in [6.45, 7) is 0. The molecule has 0 aliphatic carbocycles. The summed E-state index contributed by atoms with van der Waals surface area (Å²) in [6.07, 6.45) is 3.66. The van der Waals surface area contributed by atoms with Crippen LogP contribution < -0.4 is 0 Å². The van der Waals surface area contributed by atoms with Crippen LogP contribution in [0, 0.1) is 0 Å². The van der Waals surface area contributed by atoms with Gasteiger partial charge in [-0.3, -0.25) is 4.98 Å². The smallest absolute Gasteiger partial charge is 0.160 e. The molecular formula is C39H25N3O. The van der Waals surface area contributed by atoms with E-state index in [4.69, 9.17) is 14.4 Å². The molecule has 3 heterocycles. The Morgan fingerprint density at radius 1 is 0.419 bits per heavy atom. The zero-order chi connectivity index (χ0) is 28.6. The number of pyridine rings is 1. The van der Waals surface area contributed by atoms with Crippen LogP contribution in [0.4, 0.5) is 0 Å². The first kappa shape index (κ1) is 24.9. The number of hydrogen-bond acceptors (Lipinski definition) is 4. The van der Waals surface area contributed by atoms with Gasteiger partial charge in [0.2, 0.25) is 0 Å². The zero-order valence-electron chi connectivity index (χ0n) is 23.2. The highest BCUT2D eigenvalue weighted by Gasteiger charge is 2.17. The molecule has 0 aliphatic rings. The molecule has 0 atom stereocenters. The molecule has 8 rings (SSSR count). The summed E-state index contributed by atoms with van der Waals surface area (Å²) in [5.74, 6) is 0.664. The van der Waals surface area contributed by atoms with E-state index in [1.165, 1.54) is 0 Å². The first-order valence-corrected chi connectivity index (χ1v) is 14.3. The minimum absolute atomic E-state index is 0.664. The lowest BCUT2D eigenvalue weighted by molar-refractivity contribution is 0.670. The van der Waals surface area contributed by atoms with Crippen molar-refractivity contribution in [3.8, 4) is 56.2 Å². The van der Waals surface area contributed by atoms with Crippen molar-refractivity contribution in [2.45, 2.75) is 0 Å². The quantitative estimate of drug-likeness (QED) is 0.214. The third-order valence-corrected chi connectivity index (χ3v) is 7.79. The average Bonchev–Trinajstić information content (AvgIpc) is 3.48. The van der Waals surface area contributed by atoms with Gasteiger partial charge in [-0.2, -0.15) is 0 Å². The van der Waals surface area contributed by atoms with E-state index in [2.05, 4.69) is 77.8 Å². The number of furan rings is 1. The predicted molar refractivity (Wildman–Crippen MR) is 174 cm³/mol. The molecule has 0 spiro atoms. The Hall–Kier alpha value is -5.87. The summed E-state index contributed by atoms with van der Waals surface area (Å²) in [7, 11) is 0. The molecule has 0 amide bonds. The van der Waals surface area contributed by atoms with E-state index < -0.39 is 0 Å². The van der Waals surface area contributed by atoms with E-state index in [0.29, 0.717) is 5.82 Å². The summed E-state index contributed by atoms with van der Waals surface area (Å²) < 4.78 is 6.42. The molecule has 4 heteroatoms. The van der Waals surface area contributed by atoms with E-state index in [1.54, 1.807) is 0 Å². The maximum absolute atomic E-state index is 6.42. The first-order chi connectivity index (χ1) is 21.3. The van der Waals surface area contributed by atoms with Gasteiger partial charge in [0.15, 0.2) is 5.82 Å². The molecule has 0 aliphatic heterocycles. The lowest BCUT2D eigenvalue weighted by atomic mass is 9.95. The first-order valence-electron chi connectivity index (χ1n) is 14.3. The molecule has 0 saturated heterocycles. The van der Waals surface area contributed by atoms with Gasteiger partial charge in [-0.25, -0.2) is 9.97 Å². The van der Waals surface area contributed by atoms with Crippen LogP contribution in [0.15, 0.2) is 156 Å². The number of para-hydroxylation sites is 2. The molecule has 0 radical (unpaired) electrons. The van der Waals surface area contributed by atoms with Crippen LogP contribution in [-0.4, -0.2) is 15.0 Å². The van der Waals surface area contributed by atoms with E-state index in [1.807, 2.05) is 79.1 Å². The van der Waals surface area contributed by atoms with Gasteiger partial charge in [0.25, 0.3) is 0 Å². The Morgan fingerprint density at radius 3 is 1.79 bits per heavy atom. The molecule has 0 fully saturated rings. The van der Waals surface area contributed by atoms with Gasteiger partial charge in [0.1, 0.15) is 11.2 Å². The summed E-state index contributed by atoms with van der Waals surface area (Å²) in [4.78, 5) is 14.5. The van der Waals surface area contributed by atoms with Crippen LogP contribution in [0.3, 0.4) is 0 Å². The van der Waals surface area contributed by atoms with Crippen molar-refractivity contribution >= 4 is 21.9 Å². The summed E-state index contributed by atoms with van der Waals surface area (Å²) in [5.41, 5.74) is 10.7. The second-order valence-electron chi connectivity index (χ2n) is 10.5. The van der Waals surface area contributed by atoms with E-state index >= 15 is 0 Å². The van der Waals surface area contributed by atoms with Gasteiger partial charge in [-0.15, -0.1) is 0 Å². The number of rotatable bonds is 5. The van der Waals surface area contributed by atoms with Crippen molar-refractivity contribution < 1.29 is 4.42 Å². The standard InChI is InChI=1S/C39H25N3O/c1-3-10-26(11-4-1)29-22-30(27-18-20-40-21-19-27)24-31(23-29)35-25-36(42-39(41-35)28-12-5-2-6-13-28)34-16-9-15-33-32-14-7-8-17-37(32)43-38(33)34/h1-25H. The minimum atomic E-state index is 0.664. The van der Waals surface area contributed by atoms with Crippen LogP contribution in [0.5, 0.6) is 0 Å². The van der Waals surface area contributed by atoms with Crippen LogP contribution in [0.25, 0.3) is 78.1 Å². The zero-order valence-corrected chi connectivity index (χ0v) is 23.2.